The molecule has 0 N–H and O–H groups in total. The van der Waals surface area contributed by atoms with Gasteiger partial charge < -0.3 is 4.90 Å². The lowest BCUT2D eigenvalue weighted by Crippen LogP contribution is -2.48. The van der Waals surface area contributed by atoms with Gasteiger partial charge >= 0.3 is 5.38 Å². The average molecular weight is 438 g/mol. The van der Waals surface area contributed by atoms with Gasteiger partial charge in [-0.25, -0.2) is 13.9 Å². The third-order valence-corrected chi connectivity index (χ3v) is 5.27. The summed E-state index contributed by atoms with van der Waals surface area (Å²) >= 11 is 5.19. The van der Waals surface area contributed by atoms with Crippen LogP contribution in [0.25, 0.3) is 5.65 Å². The van der Waals surface area contributed by atoms with Gasteiger partial charge in [-0.05, 0) is 30.7 Å². The molecule has 10 heteroatoms. The van der Waals surface area contributed by atoms with E-state index in [1.54, 1.807) is 30.0 Å². The van der Waals surface area contributed by atoms with Crippen molar-refractivity contribution in [2.24, 2.45) is 0 Å². The zero-order valence-electron chi connectivity index (χ0n) is 16.2. The first-order valence-corrected chi connectivity index (χ1v) is 9.80. The number of rotatable bonds is 4. The molecule has 1 aliphatic rings. The van der Waals surface area contributed by atoms with E-state index in [2.05, 4.69) is 15.0 Å². The van der Waals surface area contributed by atoms with E-state index in [0.29, 0.717) is 44.0 Å². The molecule has 1 saturated heterocycles. The Balaban J connectivity index is 1.48. The molecular weight excluding hydrogens is 419 g/mol. The number of alkyl halides is 3. The summed E-state index contributed by atoms with van der Waals surface area (Å²) in [5.41, 5.74) is 0.567. The Hall–Kier alpha value is -2.65. The van der Waals surface area contributed by atoms with Gasteiger partial charge in [0.2, 0.25) is 0 Å². The number of hydrogen-bond donors (Lipinski definition) is 0. The molecule has 0 bridgehead atoms. The van der Waals surface area contributed by atoms with Crippen molar-refractivity contribution in [3.8, 4) is 0 Å². The third kappa shape index (κ3) is 4.13. The van der Waals surface area contributed by atoms with Gasteiger partial charge in [0.05, 0.1) is 0 Å². The van der Waals surface area contributed by atoms with Crippen molar-refractivity contribution in [2.75, 3.05) is 26.2 Å². The van der Waals surface area contributed by atoms with Gasteiger partial charge in [0, 0.05) is 50.0 Å². The minimum absolute atomic E-state index is 0.0258. The van der Waals surface area contributed by atoms with Gasteiger partial charge in [0.15, 0.2) is 11.3 Å². The van der Waals surface area contributed by atoms with Gasteiger partial charge in [-0.15, -0.1) is 0 Å². The standard InChI is InChI=1S/C20H19ClF3N5O/c1-13-10-17(20(21,23)24)29-18(25-13)11-16(26-29)19(30)28-8-6-27(7-9-28)12-14-4-2-3-5-15(14)22/h2-5,10-11H,6-9,12H2,1H3. The Bertz CT molecular complexity index is 1090. The van der Waals surface area contributed by atoms with Crippen LogP contribution in [0.1, 0.15) is 27.4 Å². The van der Waals surface area contributed by atoms with Crippen LogP contribution in [-0.2, 0) is 11.9 Å². The number of carbonyl (C=O) groups excluding carboxylic acids is 1. The normalized spacial score (nSPS) is 15.7. The molecule has 1 amide bonds. The van der Waals surface area contributed by atoms with Crippen molar-refractivity contribution >= 4 is 23.2 Å². The molecule has 3 heterocycles. The summed E-state index contributed by atoms with van der Waals surface area (Å²) in [7, 11) is 0. The van der Waals surface area contributed by atoms with E-state index in [-0.39, 0.29) is 23.1 Å². The van der Waals surface area contributed by atoms with Gasteiger partial charge in [-0.1, -0.05) is 18.2 Å². The quantitative estimate of drug-likeness (QED) is 0.587. The second-order valence-electron chi connectivity index (χ2n) is 7.24. The number of amides is 1. The van der Waals surface area contributed by atoms with E-state index >= 15 is 0 Å². The Morgan fingerprint density at radius 2 is 1.87 bits per heavy atom. The Morgan fingerprint density at radius 3 is 2.53 bits per heavy atom. The van der Waals surface area contributed by atoms with Crippen LogP contribution in [0.3, 0.4) is 0 Å². The molecule has 0 saturated carbocycles. The molecule has 6 nitrogen and oxygen atoms in total. The van der Waals surface area contributed by atoms with Crippen molar-refractivity contribution in [3.63, 3.8) is 0 Å². The van der Waals surface area contributed by atoms with Crippen LogP contribution in [0.15, 0.2) is 36.4 Å². The van der Waals surface area contributed by atoms with Crippen molar-refractivity contribution < 1.29 is 18.0 Å². The highest BCUT2D eigenvalue weighted by atomic mass is 35.5. The van der Waals surface area contributed by atoms with Crippen molar-refractivity contribution in [1.29, 1.82) is 0 Å². The van der Waals surface area contributed by atoms with E-state index in [1.807, 2.05) is 0 Å². The molecular formula is C20H19ClF3N5O. The molecule has 0 unspecified atom stereocenters. The van der Waals surface area contributed by atoms with E-state index < -0.39 is 11.1 Å². The zero-order chi connectivity index (χ0) is 21.5. The second kappa shape index (κ2) is 7.88. The summed E-state index contributed by atoms with van der Waals surface area (Å²) in [5.74, 6) is -0.622. The van der Waals surface area contributed by atoms with Gasteiger partial charge in [-0.3, -0.25) is 9.69 Å². The van der Waals surface area contributed by atoms with Crippen LogP contribution in [-0.4, -0.2) is 56.5 Å². The molecule has 2 aromatic heterocycles. The Labute approximate surface area is 175 Å². The minimum Gasteiger partial charge on any atom is -0.335 e. The number of halogens is 4. The van der Waals surface area contributed by atoms with Crippen molar-refractivity contribution in [2.45, 2.75) is 18.9 Å². The first kappa shape index (κ1) is 20.6. The summed E-state index contributed by atoms with van der Waals surface area (Å²) in [4.78, 5) is 20.7. The molecule has 0 spiro atoms. The molecule has 158 valence electrons. The lowest BCUT2D eigenvalue weighted by molar-refractivity contribution is 0.0619. The predicted octanol–water partition coefficient (Wildman–Crippen LogP) is 3.42. The number of aryl methyl sites for hydroxylation is 1. The van der Waals surface area contributed by atoms with Crippen LogP contribution in [0.4, 0.5) is 13.2 Å². The van der Waals surface area contributed by atoms with Gasteiger partial charge in [0.1, 0.15) is 11.5 Å². The van der Waals surface area contributed by atoms with E-state index in [4.69, 9.17) is 11.6 Å². The fourth-order valence-electron chi connectivity index (χ4n) is 3.55. The first-order valence-electron chi connectivity index (χ1n) is 9.42. The van der Waals surface area contributed by atoms with Gasteiger partial charge in [-0.2, -0.15) is 13.9 Å². The highest BCUT2D eigenvalue weighted by molar-refractivity contribution is 6.21. The highest BCUT2D eigenvalue weighted by Gasteiger charge is 2.33. The van der Waals surface area contributed by atoms with Crippen LogP contribution in [0, 0.1) is 12.7 Å². The predicted molar refractivity (Wildman–Crippen MR) is 105 cm³/mol. The van der Waals surface area contributed by atoms with Crippen molar-refractivity contribution in [3.05, 3.63) is 64.9 Å². The Morgan fingerprint density at radius 1 is 1.17 bits per heavy atom. The fourth-order valence-corrected chi connectivity index (χ4v) is 3.68. The summed E-state index contributed by atoms with van der Waals surface area (Å²) in [6.07, 6.45) is 0. The second-order valence-corrected chi connectivity index (χ2v) is 7.71. The van der Waals surface area contributed by atoms with Crippen LogP contribution in [0.2, 0.25) is 0 Å². The maximum absolute atomic E-state index is 13.8. The summed E-state index contributed by atoms with van der Waals surface area (Å²) < 4.78 is 42.2. The van der Waals surface area contributed by atoms with E-state index in [9.17, 15) is 18.0 Å². The van der Waals surface area contributed by atoms with Gasteiger partial charge in [0.25, 0.3) is 5.91 Å². The summed E-state index contributed by atoms with van der Waals surface area (Å²) in [5, 5.41) is 0.387. The number of aromatic nitrogens is 3. The lowest BCUT2D eigenvalue weighted by atomic mass is 10.2. The third-order valence-electron chi connectivity index (χ3n) is 5.08. The molecule has 0 radical (unpaired) electrons. The monoisotopic (exact) mass is 437 g/mol. The molecule has 1 aromatic carbocycles. The molecule has 0 atom stereocenters. The van der Waals surface area contributed by atoms with E-state index in [1.165, 1.54) is 12.1 Å². The minimum atomic E-state index is -3.64. The van der Waals surface area contributed by atoms with Crippen molar-refractivity contribution in [1.82, 2.24) is 24.4 Å². The smallest absolute Gasteiger partial charge is 0.335 e. The summed E-state index contributed by atoms with van der Waals surface area (Å²) in [6.45, 7) is 4.00. The molecule has 3 aromatic rings. The number of fused-ring (bicyclic) bond motifs is 1. The number of nitrogens with zero attached hydrogens (tertiary/aromatic N) is 5. The van der Waals surface area contributed by atoms with Crippen LogP contribution >= 0.6 is 11.6 Å². The largest absolute Gasteiger partial charge is 0.364 e. The van der Waals surface area contributed by atoms with E-state index in [0.717, 1.165) is 10.6 Å². The maximum atomic E-state index is 13.8. The summed E-state index contributed by atoms with van der Waals surface area (Å²) in [6, 6.07) is 9.12. The topological polar surface area (TPSA) is 53.7 Å². The lowest BCUT2D eigenvalue weighted by Gasteiger charge is -2.34. The number of hydrogen-bond acceptors (Lipinski definition) is 4. The molecule has 0 aliphatic carbocycles. The van der Waals surface area contributed by atoms with Crippen LogP contribution < -0.4 is 0 Å². The zero-order valence-corrected chi connectivity index (χ0v) is 16.9. The number of carbonyl (C=O) groups is 1. The Kier molecular flexibility index (Phi) is 5.42. The van der Waals surface area contributed by atoms with Crippen LogP contribution in [0.5, 0.6) is 0 Å². The fraction of sp³-hybridized carbons (Fsp3) is 0.350. The molecule has 1 fully saturated rings. The molecule has 4 rings (SSSR count). The molecule has 30 heavy (non-hydrogen) atoms. The number of benzene rings is 1. The average Bonchev–Trinajstić information content (AvgIpc) is 3.12. The highest BCUT2D eigenvalue weighted by Crippen LogP contribution is 2.32. The SMILES string of the molecule is Cc1cc(C(F)(F)Cl)n2nc(C(=O)N3CCN(Cc4ccccc4F)CC3)cc2n1. The first-order chi connectivity index (χ1) is 14.2. The molecule has 1 aliphatic heterocycles. The maximum Gasteiger partial charge on any atom is 0.364 e. The number of piperazine rings is 1.